The molecule has 0 saturated carbocycles. The maximum atomic E-state index is 11.9. The van der Waals surface area contributed by atoms with E-state index in [0.29, 0.717) is 12.2 Å². The van der Waals surface area contributed by atoms with Gasteiger partial charge < -0.3 is 10.1 Å². The van der Waals surface area contributed by atoms with E-state index in [1.54, 1.807) is 16.7 Å². The number of nitrogens with one attached hydrogen (secondary N) is 1. The average molecular weight is 259 g/mol. The highest BCUT2D eigenvalue weighted by Crippen LogP contribution is 2.25. The minimum atomic E-state index is -0.0411. The zero-order valence-electron chi connectivity index (χ0n) is 10.9. The maximum absolute atomic E-state index is 11.9. The zero-order chi connectivity index (χ0) is 13.3. The summed E-state index contributed by atoms with van der Waals surface area (Å²) in [6.45, 7) is 5.27. The predicted molar refractivity (Wildman–Crippen MR) is 72.1 cm³/mol. The summed E-state index contributed by atoms with van der Waals surface area (Å²) in [7, 11) is 0. The Bertz CT molecular complexity index is 646. The molecule has 0 aliphatic carbocycles. The van der Waals surface area contributed by atoms with Crippen molar-refractivity contribution in [1.29, 1.82) is 0 Å². The van der Waals surface area contributed by atoms with Crippen LogP contribution < -0.4 is 10.9 Å². The van der Waals surface area contributed by atoms with Gasteiger partial charge >= 0.3 is 0 Å². The number of hydrogen-bond acceptors (Lipinski definition) is 4. The molecule has 1 fully saturated rings. The molecule has 0 unspecified atom stereocenters. The van der Waals surface area contributed by atoms with Gasteiger partial charge in [0.05, 0.1) is 18.9 Å². The molecule has 100 valence electrons. The molecule has 19 heavy (non-hydrogen) atoms. The summed E-state index contributed by atoms with van der Waals surface area (Å²) in [6, 6.07) is 7.13. The number of rotatable bonds is 4. The molecule has 1 saturated heterocycles. The molecule has 3 rings (SSSR count). The van der Waals surface area contributed by atoms with E-state index in [9.17, 15) is 4.79 Å². The van der Waals surface area contributed by atoms with Gasteiger partial charge in [-0.25, -0.2) is 4.98 Å². The van der Waals surface area contributed by atoms with E-state index < -0.39 is 0 Å². The molecule has 0 aromatic carbocycles. The lowest BCUT2D eigenvalue weighted by atomic mass is 9.89. The molecule has 0 spiro atoms. The van der Waals surface area contributed by atoms with Crippen molar-refractivity contribution in [2.75, 3.05) is 19.8 Å². The van der Waals surface area contributed by atoms with Crippen LogP contribution in [0.25, 0.3) is 5.65 Å². The molecule has 0 radical (unpaired) electrons. The summed E-state index contributed by atoms with van der Waals surface area (Å²) in [5.41, 5.74) is 1.65. The highest BCUT2D eigenvalue weighted by atomic mass is 16.5. The Kier molecular flexibility index (Phi) is 3.08. The van der Waals surface area contributed by atoms with Crippen LogP contribution in [0.1, 0.15) is 12.6 Å². The van der Waals surface area contributed by atoms with Crippen molar-refractivity contribution in [2.24, 2.45) is 5.41 Å². The molecule has 5 nitrogen and oxygen atoms in total. The molecular weight excluding hydrogens is 242 g/mol. The maximum Gasteiger partial charge on any atom is 0.258 e. The number of fused-ring (bicyclic) bond motifs is 1. The van der Waals surface area contributed by atoms with Gasteiger partial charge in [-0.15, -0.1) is 0 Å². The van der Waals surface area contributed by atoms with Crippen molar-refractivity contribution in [3.05, 3.63) is 46.5 Å². The number of pyridine rings is 1. The van der Waals surface area contributed by atoms with Crippen LogP contribution in [0, 0.1) is 5.41 Å². The SMILES string of the molecule is CC1(CNCc2cc(=O)n3ccccc3n2)COC1. The first-order valence-electron chi connectivity index (χ1n) is 6.42. The van der Waals surface area contributed by atoms with Gasteiger partial charge in [-0.1, -0.05) is 13.0 Å². The van der Waals surface area contributed by atoms with E-state index in [-0.39, 0.29) is 11.0 Å². The standard InChI is InChI=1S/C14H17N3O2/c1-14(9-19-10-14)8-15-7-11-6-13(18)17-5-3-2-4-12(17)16-11/h2-6,15H,7-10H2,1H3. The van der Waals surface area contributed by atoms with E-state index in [1.807, 2.05) is 18.2 Å². The van der Waals surface area contributed by atoms with Crippen LogP contribution in [0.5, 0.6) is 0 Å². The Hall–Kier alpha value is -1.72. The third-order valence-electron chi connectivity index (χ3n) is 3.38. The van der Waals surface area contributed by atoms with Gasteiger partial charge in [0.25, 0.3) is 5.56 Å². The second kappa shape index (κ2) is 4.75. The van der Waals surface area contributed by atoms with Gasteiger partial charge in [-0.2, -0.15) is 0 Å². The molecule has 0 amide bonds. The normalized spacial score (nSPS) is 17.3. The average Bonchev–Trinajstić information content (AvgIpc) is 2.37. The quantitative estimate of drug-likeness (QED) is 0.883. The summed E-state index contributed by atoms with van der Waals surface area (Å²) >= 11 is 0. The summed E-state index contributed by atoms with van der Waals surface area (Å²) in [5, 5.41) is 3.35. The lowest BCUT2D eigenvalue weighted by Crippen LogP contribution is -2.47. The first kappa shape index (κ1) is 12.3. The second-order valence-corrected chi connectivity index (χ2v) is 5.42. The van der Waals surface area contributed by atoms with Gasteiger partial charge in [0.1, 0.15) is 5.65 Å². The van der Waals surface area contributed by atoms with Crippen LogP contribution in [0.3, 0.4) is 0 Å². The highest BCUT2D eigenvalue weighted by Gasteiger charge is 2.32. The van der Waals surface area contributed by atoms with Crippen LogP contribution in [0.4, 0.5) is 0 Å². The van der Waals surface area contributed by atoms with Gasteiger partial charge in [-0.05, 0) is 12.1 Å². The van der Waals surface area contributed by atoms with Crippen LogP contribution in [0.15, 0.2) is 35.3 Å². The summed E-state index contributed by atoms with van der Waals surface area (Å²) in [4.78, 5) is 16.4. The highest BCUT2D eigenvalue weighted by molar-refractivity contribution is 5.37. The van der Waals surface area contributed by atoms with E-state index in [1.165, 1.54) is 0 Å². The zero-order valence-corrected chi connectivity index (χ0v) is 10.9. The molecule has 3 heterocycles. The minimum Gasteiger partial charge on any atom is -0.380 e. The van der Waals surface area contributed by atoms with Gasteiger partial charge in [0.15, 0.2) is 0 Å². The molecule has 1 aliphatic heterocycles. The number of aromatic nitrogens is 2. The van der Waals surface area contributed by atoms with E-state index in [0.717, 1.165) is 25.5 Å². The molecule has 5 heteroatoms. The Morgan fingerprint density at radius 2 is 2.32 bits per heavy atom. The van der Waals surface area contributed by atoms with Crippen molar-refractivity contribution >= 4 is 5.65 Å². The second-order valence-electron chi connectivity index (χ2n) is 5.42. The Morgan fingerprint density at radius 1 is 1.47 bits per heavy atom. The van der Waals surface area contributed by atoms with E-state index >= 15 is 0 Å². The number of nitrogens with zero attached hydrogens (tertiary/aromatic N) is 2. The first-order chi connectivity index (χ1) is 9.16. The summed E-state index contributed by atoms with van der Waals surface area (Å²) < 4.78 is 6.75. The van der Waals surface area contributed by atoms with Gasteiger partial charge in [-0.3, -0.25) is 9.20 Å². The predicted octanol–water partition coefficient (Wildman–Crippen LogP) is 0.821. The molecular formula is C14H17N3O2. The van der Waals surface area contributed by atoms with Crippen molar-refractivity contribution in [2.45, 2.75) is 13.5 Å². The van der Waals surface area contributed by atoms with Crippen molar-refractivity contribution in [3.8, 4) is 0 Å². The lowest BCUT2D eigenvalue weighted by molar-refractivity contribution is -0.0991. The third kappa shape index (κ3) is 2.52. The molecule has 0 bridgehead atoms. The van der Waals surface area contributed by atoms with Crippen LogP contribution in [0.2, 0.25) is 0 Å². The molecule has 0 atom stereocenters. The summed E-state index contributed by atoms with van der Waals surface area (Å²) in [6.07, 6.45) is 1.73. The van der Waals surface area contributed by atoms with Crippen molar-refractivity contribution in [3.63, 3.8) is 0 Å². The van der Waals surface area contributed by atoms with E-state index in [4.69, 9.17) is 4.74 Å². The number of ether oxygens (including phenoxy) is 1. The smallest absolute Gasteiger partial charge is 0.258 e. The molecule has 1 N–H and O–H groups in total. The largest absolute Gasteiger partial charge is 0.380 e. The first-order valence-corrected chi connectivity index (χ1v) is 6.42. The van der Waals surface area contributed by atoms with Crippen LogP contribution >= 0.6 is 0 Å². The summed E-state index contributed by atoms with van der Waals surface area (Å²) in [5.74, 6) is 0. The van der Waals surface area contributed by atoms with Gasteiger partial charge in [0.2, 0.25) is 0 Å². The van der Waals surface area contributed by atoms with Crippen LogP contribution in [-0.4, -0.2) is 29.1 Å². The Balaban J connectivity index is 1.72. The fourth-order valence-electron chi connectivity index (χ4n) is 2.24. The third-order valence-corrected chi connectivity index (χ3v) is 3.38. The van der Waals surface area contributed by atoms with Gasteiger partial charge in [0, 0.05) is 30.8 Å². The fourth-order valence-corrected chi connectivity index (χ4v) is 2.24. The fraction of sp³-hybridized carbons (Fsp3) is 0.429. The molecule has 2 aromatic heterocycles. The minimum absolute atomic E-state index is 0.0411. The number of hydrogen-bond donors (Lipinski definition) is 1. The van der Waals surface area contributed by atoms with Crippen LogP contribution in [-0.2, 0) is 11.3 Å². The Labute approximate surface area is 111 Å². The topological polar surface area (TPSA) is 55.6 Å². The molecule has 2 aromatic rings. The van der Waals surface area contributed by atoms with Crippen molar-refractivity contribution in [1.82, 2.24) is 14.7 Å². The lowest BCUT2D eigenvalue weighted by Gasteiger charge is -2.38. The Morgan fingerprint density at radius 3 is 3.05 bits per heavy atom. The molecule has 1 aliphatic rings. The van der Waals surface area contributed by atoms with E-state index in [2.05, 4.69) is 17.2 Å². The van der Waals surface area contributed by atoms with Crippen molar-refractivity contribution < 1.29 is 4.74 Å². The monoisotopic (exact) mass is 259 g/mol.